The van der Waals surface area contributed by atoms with Crippen molar-refractivity contribution in [3.8, 4) is 0 Å². The Morgan fingerprint density at radius 3 is 2.43 bits per heavy atom. The van der Waals surface area contributed by atoms with Gasteiger partial charge in [0.15, 0.2) is 0 Å². The van der Waals surface area contributed by atoms with Gasteiger partial charge in [0.05, 0.1) is 5.69 Å². The molecule has 1 saturated heterocycles. The van der Waals surface area contributed by atoms with Crippen LogP contribution in [0.2, 0.25) is 0 Å². The number of carbonyl (C=O) groups excluding carboxylic acids is 1. The van der Waals surface area contributed by atoms with Crippen LogP contribution >= 0.6 is 0 Å². The Morgan fingerprint density at radius 2 is 1.86 bits per heavy atom. The summed E-state index contributed by atoms with van der Waals surface area (Å²) in [5.74, 6) is -0.289. The molecule has 0 unspecified atom stereocenters. The van der Waals surface area contributed by atoms with Crippen LogP contribution in [0.4, 0.5) is 10.1 Å². The van der Waals surface area contributed by atoms with E-state index in [1.165, 1.54) is 18.4 Å². The number of aryl methyl sites for hydroxylation is 1. The van der Waals surface area contributed by atoms with Crippen molar-refractivity contribution in [3.05, 3.63) is 47.6 Å². The van der Waals surface area contributed by atoms with Crippen molar-refractivity contribution in [2.24, 2.45) is 0 Å². The Labute approximate surface area is 121 Å². The van der Waals surface area contributed by atoms with Gasteiger partial charge in [-0.25, -0.2) is 4.39 Å². The topological polar surface area (TPSA) is 49.6 Å². The number of rotatable bonds is 2. The van der Waals surface area contributed by atoms with Gasteiger partial charge in [0, 0.05) is 31.9 Å². The summed E-state index contributed by atoms with van der Waals surface area (Å²) in [5, 5.41) is 3.73. The van der Waals surface area contributed by atoms with Gasteiger partial charge in [0.1, 0.15) is 17.6 Å². The minimum absolute atomic E-state index is 0.0486. The first-order valence-corrected chi connectivity index (χ1v) is 6.86. The van der Waals surface area contributed by atoms with Crippen LogP contribution in [0, 0.1) is 12.7 Å². The third kappa shape index (κ3) is 2.74. The van der Waals surface area contributed by atoms with Crippen molar-refractivity contribution < 1.29 is 13.7 Å². The van der Waals surface area contributed by atoms with Crippen LogP contribution in [0.3, 0.4) is 0 Å². The van der Waals surface area contributed by atoms with E-state index in [4.69, 9.17) is 4.52 Å². The second-order valence-electron chi connectivity index (χ2n) is 5.07. The van der Waals surface area contributed by atoms with Gasteiger partial charge in [-0.15, -0.1) is 0 Å². The SMILES string of the molecule is Cc1nocc1C(=O)N1CCN(c2ccc(F)cc2)CC1. The van der Waals surface area contributed by atoms with Crippen molar-refractivity contribution in [2.45, 2.75) is 6.92 Å². The van der Waals surface area contributed by atoms with Crippen LogP contribution in [0.15, 0.2) is 35.1 Å². The van der Waals surface area contributed by atoms with Gasteiger partial charge in [-0.3, -0.25) is 4.79 Å². The number of hydrogen-bond donors (Lipinski definition) is 0. The average Bonchev–Trinajstić information content (AvgIpc) is 2.94. The fourth-order valence-corrected chi connectivity index (χ4v) is 2.49. The summed E-state index contributed by atoms with van der Waals surface area (Å²) in [6.45, 7) is 4.45. The number of piperazine rings is 1. The third-order valence-electron chi connectivity index (χ3n) is 3.74. The Kier molecular flexibility index (Phi) is 3.60. The number of carbonyl (C=O) groups is 1. The molecule has 1 aromatic carbocycles. The molecule has 1 amide bonds. The predicted octanol–water partition coefficient (Wildman–Crippen LogP) is 2.08. The Balaban J connectivity index is 1.64. The number of hydrogen-bond acceptors (Lipinski definition) is 4. The molecular weight excluding hydrogens is 273 g/mol. The molecule has 1 fully saturated rings. The van der Waals surface area contributed by atoms with E-state index in [2.05, 4.69) is 10.1 Å². The zero-order chi connectivity index (χ0) is 14.8. The maximum absolute atomic E-state index is 12.9. The highest BCUT2D eigenvalue weighted by atomic mass is 19.1. The molecule has 2 aromatic rings. The standard InChI is InChI=1S/C15H16FN3O2/c1-11-14(10-21-17-11)15(20)19-8-6-18(7-9-19)13-4-2-12(16)3-5-13/h2-5,10H,6-9H2,1H3. The lowest BCUT2D eigenvalue weighted by Gasteiger charge is -2.36. The number of aromatic nitrogens is 1. The molecule has 5 nitrogen and oxygen atoms in total. The fraction of sp³-hybridized carbons (Fsp3) is 0.333. The number of amides is 1. The summed E-state index contributed by atoms with van der Waals surface area (Å²) in [6, 6.07) is 6.43. The van der Waals surface area contributed by atoms with Crippen LogP contribution in [0.1, 0.15) is 16.1 Å². The molecule has 0 spiro atoms. The average molecular weight is 289 g/mol. The second-order valence-corrected chi connectivity index (χ2v) is 5.07. The summed E-state index contributed by atoms with van der Waals surface area (Å²) in [5.41, 5.74) is 2.11. The van der Waals surface area contributed by atoms with Crippen molar-refractivity contribution in [2.75, 3.05) is 31.1 Å². The van der Waals surface area contributed by atoms with Crippen LogP contribution in [-0.4, -0.2) is 42.1 Å². The monoisotopic (exact) mass is 289 g/mol. The highest BCUT2D eigenvalue weighted by Crippen LogP contribution is 2.18. The molecule has 0 bridgehead atoms. The first kappa shape index (κ1) is 13.6. The molecule has 0 saturated carbocycles. The Morgan fingerprint density at radius 1 is 1.19 bits per heavy atom. The predicted molar refractivity (Wildman–Crippen MR) is 75.8 cm³/mol. The zero-order valence-corrected chi connectivity index (χ0v) is 11.8. The van der Waals surface area contributed by atoms with E-state index in [1.54, 1.807) is 24.0 Å². The lowest BCUT2D eigenvalue weighted by atomic mass is 10.2. The summed E-state index contributed by atoms with van der Waals surface area (Å²) >= 11 is 0. The lowest BCUT2D eigenvalue weighted by molar-refractivity contribution is 0.0745. The van der Waals surface area contributed by atoms with Crippen molar-refractivity contribution in [1.29, 1.82) is 0 Å². The van der Waals surface area contributed by atoms with Crippen LogP contribution < -0.4 is 4.90 Å². The van der Waals surface area contributed by atoms with Crippen LogP contribution in [0.5, 0.6) is 0 Å². The maximum atomic E-state index is 12.9. The first-order valence-electron chi connectivity index (χ1n) is 6.86. The Bertz CT molecular complexity index is 631. The molecular formula is C15H16FN3O2. The van der Waals surface area contributed by atoms with Crippen molar-refractivity contribution >= 4 is 11.6 Å². The van der Waals surface area contributed by atoms with E-state index in [0.29, 0.717) is 24.3 Å². The summed E-state index contributed by atoms with van der Waals surface area (Å²) < 4.78 is 17.7. The zero-order valence-electron chi connectivity index (χ0n) is 11.8. The van der Waals surface area contributed by atoms with Gasteiger partial charge < -0.3 is 14.3 Å². The molecule has 110 valence electrons. The number of anilines is 1. The lowest BCUT2D eigenvalue weighted by Crippen LogP contribution is -2.48. The van der Waals surface area contributed by atoms with Crippen LogP contribution in [-0.2, 0) is 0 Å². The smallest absolute Gasteiger partial charge is 0.259 e. The van der Waals surface area contributed by atoms with E-state index in [-0.39, 0.29) is 11.7 Å². The molecule has 0 radical (unpaired) electrons. The quantitative estimate of drug-likeness (QED) is 0.849. The van der Waals surface area contributed by atoms with Gasteiger partial charge in [-0.2, -0.15) is 0 Å². The molecule has 1 aliphatic rings. The molecule has 1 aromatic heterocycles. The van der Waals surface area contributed by atoms with Gasteiger partial charge in [0.2, 0.25) is 0 Å². The van der Waals surface area contributed by atoms with Crippen molar-refractivity contribution in [3.63, 3.8) is 0 Å². The molecule has 0 aliphatic carbocycles. The van der Waals surface area contributed by atoms with E-state index in [1.807, 2.05) is 0 Å². The summed E-state index contributed by atoms with van der Waals surface area (Å²) in [6.07, 6.45) is 1.39. The molecule has 2 heterocycles. The number of nitrogens with zero attached hydrogens (tertiary/aromatic N) is 3. The van der Waals surface area contributed by atoms with Crippen LogP contribution in [0.25, 0.3) is 0 Å². The van der Waals surface area contributed by atoms with Gasteiger partial charge in [-0.1, -0.05) is 5.16 Å². The number of benzene rings is 1. The summed E-state index contributed by atoms with van der Waals surface area (Å²) in [4.78, 5) is 16.3. The first-order chi connectivity index (χ1) is 10.1. The fourth-order valence-electron chi connectivity index (χ4n) is 2.49. The van der Waals surface area contributed by atoms with Gasteiger partial charge in [0.25, 0.3) is 5.91 Å². The van der Waals surface area contributed by atoms with E-state index in [9.17, 15) is 9.18 Å². The molecule has 1 aliphatic heterocycles. The minimum atomic E-state index is -0.240. The third-order valence-corrected chi connectivity index (χ3v) is 3.74. The molecule has 6 heteroatoms. The second kappa shape index (κ2) is 5.55. The summed E-state index contributed by atoms with van der Waals surface area (Å²) in [7, 11) is 0. The minimum Gasteiger partial charge on any atom is -0.368 e. The molecule has 21 heavy (non-hydrogen) atoms. The van der Waals surface area contributed by atoms with Gasteiger partial charge in [-0.05, 0) is 31.2 Å². The largest absolute Gasteiger partial charge is 0.368 e. The highest BCUT2D eigenvalue weighted by Gasteiger charge is 2.24. The molecule has 0 atom stereocenters. The van der Waals surface area contributed by atoms with Crippen molar-refractivity contribution in [1.82, 2.24) is 10.1 Å². The normalized spacial score (nSPS) is 15.3. The number of halogens is 1. The van der Waals surface area contributed by atoms with Gasteiger partial charge >= 0.3 is 0 Å². The van der Waals surface area contributed by atoms with E-state index < -0.39 is 0 Å². The van der Waals surface area contributed by atoms with E-state index in [0.717, 1.165) is 18.8 Å². The molecule has 3 rings (SSSR count). The maximum Gasteiger partial charge on any atom is 0.259 e. The molecule has 0 N–H and O–H groups in total. The van der Waals surface area contributed by atoms with E-state index >= 15 is 0 Å². The Hall–Kier alpha value is -2.37. The highest BCUT2D eigenvalue weighted by molar-refractivity contribution is 5.95.